The van der Waals surface area contributed by atoms with Crippen molar-refractivity contribution in [3.63, 3.8) is 0 Å². The van der Waals surface area contributed by atoms with Crippen molar-refractivity contribution < 1.29 is 5.11 Å². The van der Waals surface area contributed by atoms with Crippen molar-refractivity contribution in [2.45, 2.75) is 6.61 Å². The van der Waals surface area contributed by atoms with Crippen molar-refractivity contribution in [1.29, 1.82) is 0 Å². The van der Waals surface area contributed by atoms with E-state index in [1.54, 1.807) is 24.4 Å². The summed E-state index contributed by atoms with van der Waals surface area (Å²) in [5.74, 6) is 0. The Morgan fingerprint density at radius 1 is 1.13 bits per heavy atom. The van der Waals surface area contributed by atoms with E-state index in [1.807, 2.05) is 12.1 Å². The first kappa shape index (κ1) is 10.1. The van der Waals surface area contributed by atoms with Gasteiger partial charge < -0.3 is 5.11 Å². The Hall–Kier alpha value is -1.45. The van der Waals surface area contributed by atoms with Gasteiger partial charge in [0, 0.05) is 6.20 Å². The molecule has 76 valence electrons. The third kappa shape index (κ3) is 2.32. The summed E-state index contributed by atoms with van der Waals surface area (Å²) in [5, 5.41) is 9.54. The minimum Gasteiger partial charge on any atom is -0.390 e. The Morgan fingerprint density at radius 3 is 2.67 bits per heavy atom. The molecule has 0 spiro atoms. The molecule has 2 heterocycles. The van der Waals surface area contributed by atoms with E-state index in [0.717, 1.165) is 11.4 Å². The molecular formula is C11H9ClN2O. The van der Waals surface area contributed by atoms with Gasteiger partial charge in [0.1, 0.15) is 0 Å². The van der Waals surface area contributed by atoms with Gasteiger partial charge >= 0.3 is 0 Å². The highest BCUT2D eigenvalue weighted by molar-refractivity contribution is 6.30. The summed E-state index contributed by atoms with van der Waals surface area (Å²) in [7, 11) is 0. The Bertz CT molecular complexity index is 456. The average molecular weight is 221 g/mol. The highest BCUT2D eigenvalue weighted by Crippen LogP contribution is 2.16. The van der Waals surface area contributed by atoms with Crippen molar-refractivity contribution in [3.05, 3.63) is 47.2 Å². The van der Waals surface area contributed by atoms with E-state index in [9.17, 15) is 0 Å². The van der Waals surface area contributed by atoms with Crippen LogP contribution in [0.2, 0.25) is 5.02 Å². The Balaban J connectivity index is 2.40. The Labute approximate surface area is 92.4 Å². The molecular weight excluding hydrogens is 212 g/mol. The van der Waals surface area contributed by atoms with Crippen LogP contribution in [0.15, 0.2) is 36.5 Å². The zero-order chi connectivity index (χ0) is 10.7. The van der Waals surface area contributed by atoms with Crippen LogP contribution in [0, 0.1) is 0 Å². The summed E-state index contributed by atoms with van der Waals surface area (Å²) in [6.45, 7) is -0.0680. The van der Waals surface area contributed by atoms with Crippen LogP contribution in [0.3, 0.4) is 0 Å². The fourth-order valence-electron chi connectivity index (χ4n) is 1.24. The van der Waals surface area contributed by atoms with E-state index < -0.39 is 0 Å². The van der Waals surface area contributed by atoms with E-state index in [0.29, 0.717) is 10.7 Å². The number of hydrogen-bond acceptors (Lipinski definition) is 3. The van der Waals surface area contributed by atoms with Crippen LogP contribution in [0.1, 0.15) is 5.69 Å². The minimum atomic E-state index is -0.0680. The van der Waals surface area contributed by atoms with E-state index in [2.05, 4.69) is 9.97 Å². The minimum absolute atomic E-state index is 0.0680. The smallest absolute Gasteiger partial charge is 0.0890 e. The molecule has 0 aromatic carbocycles. The molecule has 0 aliphatic carbocycles. The first-order valence-corrected chi connectivity index (χ1v) is 4.86. The molecule has 0 aliphatic rings. The number of aliphatic hydroxyl groups is 1. The van der Waals surface area contributed by atoms with Crippen LogP contribution < -0.4 is 0 Å². The second kappa shape index (κ2) is 4.38. The number of nitrogens with zero attached hydrogens (tertiary/aromatic N) is 2. The van der Waals surface area contributed by atoms with Crippen LogP contribution in [-0.2, 0) is 6.61 Å². The van der Waals surface area contributed by atoms with Gasteiger partial charge in [-0.1, -0.05) is 17.7 Å². The van der Waals surface area contributed by atoms with Gasteiger partial charge in [-0.15, -0.1) is 0 Å². The molecule has 0 unspecified atom stereocenters. The summed E-state index contributed by atoms with van der Waals surface area (Å²) in [6, 6.07) is 9.00. The number of aliphatic hydroxyl groups excluding tert-OH is 1. The zero-order valence-corrected chi connectivity index (χ0v) is 8.65. The van der Waals surface area contributed by atoms with Crippen LogP contribution in [0.25, 0.3) is 11.4 Å². The zero-order valence-electron chi connectivity index (χ0n) is 7.89. The molecule has 0 atom stereocenters. The van der Waals surface area contributed by atoms with Gasteiger partial charge in [0.2, 0.25) is 0 Å². The summed E-state index contributed by atoms with van der Waals surface area (Å²) >= 11 is 5.73. The van der Waals surface area contributed by atoms with Gasteiger partial charge in [-0.05, 0) is 24.3 Å². The summed E-state index contributed by atoms with van der Waals surface area (Å²) in [5.41, 5.74) is 2.11. The number of rotatable bonds is 2. The standard InChI is InChI=1S/C11H9ClN2O/c12-8-4-5-10(13-6-8)11-3-1-2-9(7-15)14-11/h1-6,15H,7H2. The largest absolute Gasteiger partial charge is 0.390 e. The summed E-state index contributed by atoms with van der Waals surface area (Å²) in [6.07, 6.45) is 1.57. The van der Waals surface area contributed by atoms with Crippen molar-refractivity contribution in [2.75, 3.05) is 0 Å². The third-order valence-electron chi connectivity index (χ3n) is 1.96. The number of aromatic nitrogens is 2. The highest BCUT2D eigenvalue weighted by Gasteiger charge is 2.01. The number of halogens is 1. The molecule has 0 saturated heterocycles. The van der Waals surface area contributed by atoms with E-state index in [4.69, 9.17) is 16.7 Å². The second-order valence-electron chi connectivity index (χ2n) is 3.03. The fourth-order valence-corrected chi connectivity index (χ4v) is 1.35. The predicted octanol–water partition coefficient (Wildman–Crippen LogP) is 2.29. The van der Waals surface area contributed by atoms with Crippen LogP contribution >= 0.6 is 11.6 Å². The molecule has 2 aromatic rings. The lowest BCUT2D eigenvalue weighted by molar-refractivity contribution is 0.277. The normalized spacial score (nSPS) is 10.3. The maximum absolute atomic E-state index is 8.95. The fraction of sp³-hybridized carbons (Fsp3) is 0.0909. The molecule has 0 saturated carbocycles. The molecule has 3 nitrogen and oxygen atoms in total. The Kier molecular flexibility index (Phi) is 2.94. The summed E-state index contributed by atoms with van der Waals surface area (Å²) < 4.78 is 0. The number of hydrogen-bond donors (Lipinski definition) is 1. The van der Waals surface area contributed by atoms with E-state index >= 15 is 0 Å². The molecule has 4 heteroatoms. The van der Waals surface area contributed by atoms with Crippen molar-refractivity contribution in [3.8, 4) is 11.4 Å². The molecule has 0 fully saturated rings. The molecule has 1 N–H and O–H groups in total. The lowest BCUT2D eigenvalue weighted by atomic mass is 10.2. The average Bonchev–Trinajstić information content (AvgIpc) is 2.30. The van der Waals surface area contributed by atoms with Crippen molar-refractivity contribution in [1.82, 2.24) is 9.97 Å². The molecule has 0 amide bonds. The molecule has 0 radical (unpaired) electrons. The molecule has 2 aromatic heterocycles. The predicted molar refractivity (Wildman–Crippen MR) is 58.4 cm³/mol. The van der Waals surface area contributed by atoms with Crippen LogP contribution in [-0.4, -0.2) is 15.1 Å². The highest BCUT2D eigenvalue weighted by atomic mass is 35.5. The van der Waals surface area contributed by atoms with Gasteiger partial charge in [-0.3, -0.25) is 4.98 Å². The van der Waals surface area contributed by atoms with Crippen LogP contribution in [0.4, 0.5) is 0 Å². The van der Waals surface area contributed by atoms with Crippen molar-refractivity contribution in [2.24, 2.45) is 0 Å². The van der Waals surface area contributed by atoms with E-state index in [1.165, 1.54) is 0 Å². The first-order valence-electron chi connectivity index (χ1n) is 4.48. The van der Waals surface area contributed by atoms with Crippen LogP contribution in [0.5, 0.6) is 0 Å². The summed E-state index contributed by atoms with van der Waals surface area (Å²) in [4.78, 5) is 8.38. The Morgan fingerprint density at radius 2 is 2.00 bits per heavy atom. The van der Waals surface area contributed by atoms with Gasteiger partial charge in [0.15, 0.2) is 0 Å². The van der Waals surface area contributed by atoms with Gasteiger partial charge in [-0.25, -0.2) is 4.98 Å². The quantitative estimate of drug-likeness (QED) is 0.845. The lowest BCUT2D eigenvalue weighted by Crippen LogP contribution is -1.92. The topological polar surface area (TPSA) is 46.0 Å². The SMILES string of the molecule is OCc1cccc(-c2ccc(Cl)cn2)n1. The maximum atomic E-state index is 8.95. The maximum Gasteiger partial charge on any atom is 0.0890 e. The molecule has 15 heavy (non-hydrogen) atoms. The van der Waals surface area contributed by atoms with Crippen molar-refractivity contribution >= 4 is 11.6 Å². The second-order valence-corrected chi connectivity index (χ2v) is 3.47. The third-order valence-corrected chi connectivity index (χ3v) is 2.18. The van der Waals surface area contributed by atoms with Gasteiger partial charge in [-0.2, -0.15) is 0 Å². The molecule has 0 aliphatic heterocycles. The molecule has 2 rings (SSSR count). The first-order chi connectivity index (χ1) is 7.29. The molecule has 0 bridgehead atoms. The lowest BCUT2D eigenvalue weighted by Gasteiger charge is -2.01. The van der Waals surface area contributed by atoms with Gasteiger partial charge in [0.25, 0.3) is 0 Å². The monoisotopic (exact) mass is 220 g/mol. The van der Waals surface area contributed by atoms with E-state index in [-0.39, 0.29) is 6.61 Å². The number of pyridine rings is 2. The van der Waals surface area contributed by atoms with Gasteiger partial charge in [0.05, 0.1) is 28.7 Å².